The number of aromatic nitrogens is 2. The van der Waals surface area contributed by atoms with Crippen LogP contribution in [-0.4, -0.2) is 27.9 Å². The first-order valence-corrected chi connectivity index (χ1v) is 11.8. The van der Waals surface area contributed by atoms with Gasteiger partial charge in [0.1, 0.15) is 12.4 Å². The summed E-state index contributed by atoms with van der Waals surface area (Å²) in [5.41, 5.74) is 2.46. The quantitative estimate of drug-likeness (QED) is 0.474. The van der Waals surface area contributed by atoms with Gasteiger partial charge in [-0.05, 0) is 49.6 Å². The Morgan fingerprint density at radius 3 is 2.69 bits per heavy atom. The molecule has 0 atom stereocenters. The number of fused-ring (bicyclic) bond motifs is 1. The summed E-state index contributed by atoms with van der Waals surface area (Å²) in [6, 6.07) is 14.9. The maximum Gasteiger partial charge on any atom is 0.244 e. The van der Waals surface area contributed by atoms with Crippen molar-refractivity contribution in [1.29, 1.82) is 0 Å². The molecule has 0 radical (unpaired) electrons. The molecule has 1 heterocycles. The number of nitrogens with one attached hydrogen (secondary N) is 2. The van der Waals surface area contributed by atoms with E-state index in [4.69, 9.17) is 16.6 Å². The Labute approximate surface area is 193 Å². The highest BCUT2D eigenvalue weighted by Gasteiger charge is 2.20. The van der Waals surface area contributed by atoms with Crippen molar-refractivity contribution in [2.75, 3.05) is 11.9 Å². The lowest BCUT2D eigenvalue weighted by Gasteiger charge is -2.20. The van der Waals surface area contributed by atoms with Crippen molar-refractivity contribution in [3.63, 3.8) is 0 Å². The van der Waals surface area contributed by atoms with Crippen LogP contribution in [0, 0.1) is 5.92 Å². The molecule has 1 fully saturated rings. The summed E-state index contributed by atoms with van der Waals surface area (Å²) in [4.78, 5) is 29.8. The molecule has 3 aromatic rings. The van der Waals surface area contributed by atoms with Gasteiger partial charge >= 0.3 is 0 Å². The molecule has 168 valence electrons. The van der Waals surface area contributed by atoms with E-state index in [-0.39, 0.29) is 24.3 Å². The zero-order valence-electron chi connectivity index (χ0n) is 18.1. The molecule has 2 N–H and O–H groups in total. The summed E-state index contributed by atoms with van der Waals surface area (Å²) in [6.45, 7) is 0.782. The standard InChI is InChI=1S/C25H29ClN4O2/c26-19-10-6-11-20(16-19)28-24(31)17-30-22-13-5-4-12-21(22)29-23(30)14-7-15-27-25(32)18-8-2-1-3-9-18/h4-6,10-13,16,18H,1-3,7-9,14-15,17H2,(H,27,32)(H,28,31). The lowest BCUT2D eigenvalue weighted by Crippen LogP contribution is -2.32. The lowest BCUT2D eigenvalue weighted by molar-refractivity contribution is -0.125. The molecule has 1 aliphatic rings. The van der Waals surface area contributed by atoms with Crippen LogP contribution in [0.4, 0.5) is 5.69 Å². The van der Waals surface area contributed by atoms with Gasteiger partial charge in [0.05, 0.1) is 11.0 Å². The fourth-order valence-electron chi connectivity index (χ4n) is 4.37. The monoisotopic (exact) mass is 452 g/mol. The Kier molecular flexibility index (Phi) is 7.43. The molecular formula is C25H29ClN4O2. The first-order valence-electron chi connectivity index (χ1n) is 11.4. The minimum Gasteiger partial charge on any atom is -0.356 e. The maximum atomic E-state index is 12.7. The average Bonchev–Trinajstić information content (AvgIpc) is 3.14. The third kappa shape index (κ3) is 5.68. The summed E-state index contributed by atoms with van der Waals surface area (Å²) in [5, 5.41) is 6.57. The molecule has 2 aromatic carbocycles. The number of para-hydroxylation sites is 2. The van der Waals surface area contributed by atoms with Gasteiger partial charge in [-0.3, -0.25) is 9.59 Å². The number of imidazole rings is 1. The summed E-state index contributed by atoms with van der Waals surface area (Å²) in [6.07, 6.45) is 7.01. The van der Waals surface area contributed by atoms with Gasteiger partial charge in [0.25, 0.3) is 0 Å². The van der Waals surface area contributed by atoms with E-state index in [1.54, 1.807) is 18.2 Å². The van der Waals surface area contributed by atoms with E-state index in [1.807, 2.05) is 34.9 Å². The molecule has 0 aliphatic heterocycles. The van der Waals surface area contributed by atoms with Crippen LogP contribution in [0.2, 0.25) is 5.02 Å². The van der Waals surface area contributed by atoms with Crippen molar-refractivity contribution in [1.82, 2.24) is 14.9 Å². The molecule has 1 saturated carbocycles. The van der Waals surface area contributed by atoms with Crippen molar-refractivity contribution in [2.24, 2.45) is 5.92 Å². The van der Waals surface area contributed by atoms with Crippen molar-refractivity contribution in [2.45, 2.75) is 51.5 Å². The predicted octanol–water partition coefficient (Wildman–Crippen LogP) is 4.96. The predicted molar refractivity (Wildman–Crippen MR) is 128 cm³/mol. The van der Waals surface area contributed by atoms with Crippen LogP contribution < -0.4 is 10.6 Å². The van der Waals surface area contributed by atoms with Gasteiger partial charge in [0.15, 0.2) is 0 Å². The lowest BCUT2D eigenvalue weighted by atomic mass is 9.89. The molecule has 0 unspecified atom stereocenters. The third-order valence-electron chi connectivity index (χ3n) is 6.00. The number of carbonyl (C=O) groups is 2. The largest absolute Gasteiger partial charge is 0.356 e. The highest BCUT2D eigenvalue weighted by Crippen LogP contribution is 2.23. The average molecular weight is 453 g/mol. The zero-order chi connectivity index (χ0) is 22.3. The van der Waals surface area contributed by atoms with E-state index in [0.29, 0.717) is 23.7 Å². The number of carbonyl (C=O) groups excluding carboxylic acids is 2. The molecule has 1 aliphatic carbocycles. The first kappa shape index (κ1) is 22.3. The van der Waals surface area contributed by atoms with Crippen LogP contribution in [0.1, 0.15) is 44.3 Å². The van der Waals surface area contributed by atoms with Gasteiger partial charge in [-0.15, -0.1) is 0 Å². The Morgan fingerprint density at radius 1 is 1.06 bits per heavy atom. The number of aryl methyl sites for hydroxylation is 1. The van der Waals surface area contributed by atoms with Crippen molar-refractivity contribution in [3.05, 3.63) is 59.4 Å². The van der Waals surface area contributed by atoms with Gasteiger partial charge in [-0.25, -0.2) is 4.98 Å². The number of rotatable bonds is 8. The third-order valence-corrected chi connectivity index (χ3v) is 6.23. The number of amides is 2. The van der Waals surface area contributed by atoms with E-state index in [0.717, 1.165) is 49.0 Å². The smallest absolute Gasteiger partial charge is 0.244 e. The Balaban J connectivity index is 1.38. The number of hydrogen-bond acceptors (Lipinski definition) is 3. The molecular weight excluding hydrogens is 424 g/mol. The summed E-state index contributed by atoms with van der Waals surface area (Å²) >= 11 is 6.02. The molecule has 0 spiro atoms. The molecule has 4 rings (SSSR count). The zero-order valence-corrected chi connectivity index (χ0v) is 18.9. The van der Waals surface area contributed by atoms with E-state index in [1.165, 1.54) is 6.42 Å². The van der Waals surface area contributed by atoms with Crippen LogP contribution in [-0.2, 0) is 22.6 Å². The Bertz CT molecular complexity index is 1090. The van der Waals surface area contributed by atoms with Gasteiger partial charge in [0.2, 0.25) is 11.8 Å². The van der Waals surface area contributed by atoms with Crippen LogP contribution in [0.5, 0.6) is 0 Å². The SMILES string of the molecule is O=C(Cn1c(CCCNC(=O)C2CCCCC2)nc2ccccc21)Nc1cccc(Cl)c1. The van der Waals surface area contributed by atoms with E-state index < -0.39 is 0 Å². The fraction of sp³-hybridized carbons (Fsp3) is 0.400. The Hall–Kier alpha value is -2.86. The number of hydrogen-bond donors (Lipinski definition) is 2. The Morgan fingerprint density at radius 2 is 1.88 bits per heavy atom. The minimum atomic E-state index is -0.137. The molecule has 7 heteroatoms. The highest BCUT2D eigenvalue weighted by atomic mass is 35.5. The summed E-state index contributed by atoms with van der Waals surface area (Å²) < 4.78 is 1.96. The van der Waals surface area contributed by atoms with Crippen LogP contribution in [0.25, 0.3) is 11.0 Å². The minimum absolute atomic E-state index is 0.137. The van der Waals surface area contributed by atoms with Crippen LogP contribution >= 0.6 is 11.6 Å². The van der Waals surface area contributed by atoms with Gasteiger partial charge < -0.3 is 15.2 Å². The summed E-state index contributed by atoms with van der Waals surface area (Å²) in [5.74, 6) is 1.06. The first-order chi connectivity index (χ1) is 15.6. The molecule has 6 nitrogen and oxygen atoms in total. The van der Waals surface area contributed by atoms with E-state index in [9.17, 15) is 9.59 Å². The van der Waals surface area contributed by atoms with Gasteiger partial charge in [-0.1, -0.05) is 49.1 Å². The molecule has 32 heavy (non-hydrogen) atoms. The second-order valence-corrected chi connectivity index (χ2v) is 8.83. The highest BCUT2D eigenvalue weighted by molar-refractivity contribution is 6.30. The summed E-state index contributed by atoms with van der Waals surface area (Å²) in [7, 11) is 0. The normalized spacial score (nSPS) is 14.4. The number of nitrogens with zero attached hydrogens (tertiary/aromatic N) is 2. The second-order valence-electron chi connectivity index (χ2n) is 8.39. The number of halogens is 1. The van der Waals surface area contributed by atoms with E-state index in [2.05, 4.69) is 10.6 Å². The fourth-order valence-corrected chi connectivity index (χ4v) is 4.56. The number of benzene rings is 2. The van der Waals surface area contributed by atoms with Gasteiger partial charge in [0, 0.05) is 29.6 Å². The molecule has 2 amide bonds. The molecule has 1 aromatic heterocycles. The molecule has 0 saturated heterocycles. The van der Waals surface area contributed by atoms with Crippen molar-refractivity contribution in [3.8, 4) is 0 Å². The van der Waals surface area contributed by atoms with E-state index >= 15 is 0 Å². The van der Waals surface area contributed by atoms with Gasteiger partial charge in [-0.2, -0.15) is 0 Å². The van der Waals surface area contributed by atoms with Crippen molar-refractivity contribution >= 4 is 40.1 Å². The van der Waals surface area contributed by atoms with Crippen LogP contribution in [0.15, 0.2) is 48.5 Å². The maximum absolute atomic E-state index is 12.7. The number of anilines is 1. The van der Waals surface area contributed by atoms with Crippen LogP contribution in [0.3, 0.4) is 0 Å². The second kappa shape index (κ2) is 10.6. The topological polar surface area (TPSA) is 76.0 Å². The molecule has 0 bridgehead atoms. The van der Waals surface area contributed by atoms with Crippen molar-refractivity contribution < 1.29 is 9.59 Å².